The van der Waals surface area contributed by atoms with Gasteiger partial charge < -0.3 is 5.73 Å². The van der Waals surface area contributed by atoms with Gasteiger partial charge in [0.25, 0.3) is 0 Å². The summed E-state index contributed by atoms with van der Waals surface area (Å²) in [5.74, 6) is -0.507. The highest BCUT2D eigenvalue weighted by Crippen LogP contribution is 2.13. The van der Waals surface area contributed by atoms with E-state index in [4.69, 9.17) is 11.0 Å². The highest BCUT2D eigenvalue weighted by atomic mass is 19.1. The molecule has 2 nitrogen and oxygen atoms in total. The molecule has 0 saturated heterocycles. The van der Waals surface area contributed by atoms with Gasteiger partial charge in [-0.1, -0.05) is 6.07 Å². The predicted molar refractivity (Wildman–Crippen MR) is 43.7 cm³/mol. The molecule has 0 bridgehead atoms. The average Bonchev–Trinajstić information content (AvgIpc) is 2.04. The molecule has 0 aliphatic rings. The first-order chi connectivity index (χ1) is 5.65. The third-order valence-electron chi connectivity index (χ3n) is 1.64. The lowest BCUT2D eigenvalue weighted by atomic mass is 10.1. The molecule has 12 heavy (non-hydrogen) atoms. The van der Waals surface area contributed by atoms with Crippen LogP contribution in [0.25, 0.3) is 0 Å². The van der Waals surface area contributed by atoms with Crippen molar-refractivity contribution in [1.82, 2.24) is 0 Å². The molecule has 2 N–H and O–H groups in total. The Balaban J connectivity index is 3.12. The first-order valence-corrected chi connectivity index (χ1v) is 3.60. The topological polar surface area (TPSA) is 49.8 Å². The maximum atomic E-state index is 12.9. The minimum atomic E-state index is -0.507. The molecule has 0 amide bonds. The molecule has 0 heterocycles. The van der Waals surface area contributed by atoms with Crippen molar-refractivity contribution in [1.29, 1.82) is 5.26 Å². The van der Waals surface area contributed by atoms with E-state index >= 15 is 0 Å². The molecule has 1 atom stereocenters. The second kappa shape index (κ2) is 3.33. The summed E-state index contributed by atoms with van der Waals surface area (Å²) in [6, 6.07) is 5.94. The van der Waals surface area contributed by atoms with Crippen molar-refractivity contribution < 1.29 is 4.39 Å². The normalized spacial score (nSPS) is 12.2. The fraction of sp³-hybridized carbons (Fsp3) is 0.222. The Morgan fingerprint density at radius 2 is 2.25 bits per heavy atom. The van der Waals surface area contributed by atoms with E-state index in [0.717, 1.165) is 0 Å². The van der Waals surface area contributed by atoms with E-state index in [1.807, 2.05) is 0 Å². The maximum absolute atomic E-state index is 12.9. The van der Waals surface area contributed by atoms with Crippen LogP contribution in [0.3, 0.4) is 0 Å². The number of halogens is 1. The number of rotatable bonds is 1. The van der Waals surface area contributed by atoms with Crippen LogP contribution in [0.5, 0.6) is 0 Å². The molecule has 1 aromatic rings. The molecule has 0 aliphatic carbocycles. The molecule has 0 radical (unpaired) electrons. The quantitative estimate of drug-likeness (QED) is 0.687. The maximum Gasteiger partial charge on any atom is 0.141 e. The van der Waals surface area contributed by atoms with Gasteiger partial charge in [0.15, 0.2) is 0 Å². The number of nitrogens with zero attached hydrogens (tertiary/aromatic N) is 1. The zero-order valence-electron chi connectivity index (χ0n) is 6.71. The van der Waals surface area contributed by atoms with Crippen LogP contribution < -0.4 is 5.73 Å². The Labute approximate surface area is 70.4 Å². The van der Waals surface area contributed by atoms with E-state index in [-0.39, 0.29) is 11.6 Å². The van der Waals surface area contributed by atoms with Gasteiger partial charge in [-0.05, 0) is 24.6 Å². The summed E-state index contributed by atoms with van der Waals surface area (Å²) in [6.07, 6.45) is 0. The van der Waals surface area contributed by atoms with Gasteiger partial charge in [0, 0.05) is 6.04 Å². The SMILES string of the molecule is C[C@@H](N)c1ccc(C#N)c(F)c1. The third-order valence-corrected chi connectivity index (χ3v) is 1.64. The number of hydrogen-bond donors (Lipinski definition) is 1. The molecule has 0 aromatic heterocycles. The van der Waals surface area contributed by atoms with Gasteiger partial charge in [0.2, 0.25) is 0 Å². The van der Waals surface area contributed by atoms with Gasteiger partial charge in [-0.25, -0.2) is 4.39 Å². The highest BCUT2D eigenvalue weighted by Gasteiger charge is 2.04. The molecule has 0 aliphatic heterocycles. The smallest absolute Gasteiger partial charge is 0.141 e. The lowest BCUT2D eigenvalue weighted by Crippen LogP contribution is -2.05. The van der Waals surface area contributed by atoms with Gasteiger partial charge in [0.05, 0.1) is 5.56 Å². The zero-order valence-corrected chi connectivity index (χ0v) is 6.71. The van der Waals surface area contributed by atoms with Gasteiger partial charge in [-0.3, -0.25) is 0 Å². The monoisotopic (exact) mass is 164 g/mol. The summed E-state index contributed by atoms with van der Waals surface area (Å²) in [5, 5.41) is 8.43. The molecule has 0 saturated carbocycles. The van der Waals surface area contributed by atoms with E-state index in [9.17, 15) is 4.39 Å². The summed E-state index contributed by atoms with van der Waals surface area (Å²) >= 11 is 0. The second-order valence-corrected chi connectivity index (χ2v) is 2.64. The molecular formula is C9H9FN2. The fourth-order valence-electron chi connectivity index (χ4n) is 0.905. The summed E-state index contributed by atoms with van der Waals surface area (Å²) in [4.78, 5) is 0. The van der Waals surface area contributed by atoms with Crippen LogP contribution in [0.15, 0.2) is 18.2 Å². The van der Waals surface area contributed by atoms with Crippen molar-refractivity contribution in [2.24, 2.45) is 5.73 Å². The van der Waals surface area contributed by atoms with Crippen molar-refractivity contribution in [2.45, 2.75) is 13.0 Å². The van der Waals surface area contributed by atoms with E-state index in [2.05, 4.69) is 0 Å². The third kappa shape index (κ3) is 1.60. The van der Waals surface area contributed by atoms with Gasteiger partial charge >= 0.3 is 0 Å². The summed E-state index contributed by atoms with van der Waals surface area (Å²) < 4.78 is 12.9. The molecule has 3 heteroatoms. The van der Waals surface area contributed by atoms with Crippen LogP contribution in [0.2, 0.25) is 0 Å². The van der Waals surface area contributed by atoms with Crippen molar-refractivity contribution in [3.8, 4) is 6.07 Å². The van der Waals surface area contributed by atoms with Crippen LogP contribution in [0, 0.1) is 17.1 Å². The molecular weight excluding hydrogens is 155 g/mol. The van der Waals surface area contributed by atoms with Crippen molar-refractivity contribution in [3.05, 3.63) is 35.1 Å². The molecule has 62 valence electrons. The molecule has 0 unspecified atom stereocenters. The number of benzene rings is 1. The molecule has 1 rings (SSSR count). The Hall–Kier alpha value is -1.40. The van der Waals surface area contributed by atoms with Gasteiger partial charge in [0.1, 0.15) is 11.9 Å². The molecule has 0 fully saturated rings. The molecule has 0 spiro atoms. The number of nitriles is 1. The first-order valence-electron chi connectivity index (χ1n) is 3.60. The minimum Gasteiger partial charge on any atom is -0.324 e. The van der Waals surface area contributed by atoms with Gasteiger partial charge in [-0.15, -0.1) is 0 Å². The lowest BCUT2D eigenvalue weighted by molar-refractivity contribution is 0.618. The first kappa shape index (κ1) is 8.69. The summed E-state index contributed by atoms with van der Waals surface area (Å²) in [7, 11) is 0. The van der Waals surface area contributed by atoms with Crippen LogP contribution in [0.1, 0.15) is 24.1 Å². The highest BCUT2D eigenvalue weighted by molar-refractivity contribution is 5.34. The molecule has 1 aromatic carbocycles. The summed E-state index contributed by atoms with van der Waals surface area (Å²) in [5.41, 5.74) is 6.28. The Morgan fingerprint density at radius 1 is 1.58 bits per heavy atom. The van der Waals surface area contributed by atoms with Crippen LogP contribution in [0.4, 0.5) is 4.39 Å². The van der Waals surface area contributed by atoms with E-state index in [1.54, 1.807) is 19.1 Å². The van der Waals surface area contributed by atoms with Crippen LogP contribution in [-0.2, 0) is 0 Å². The Kier molecular flexibility index (Phi) is 2.41. The predicted octanol–water partition coefficient (Wildman–Crippen LogP) is 1.72. The van der Waals surface area contributed by atoms with E-state index < -0.39 is 5.82 Å². The Bertz CT molecular complexity index is 326. The fourth-order valence-corrected chi connectivity index (χ4v) is 0.905. The van der Waals surface area contributed by atoms with Crippen molar-refractivity contribution in [3.63, 3.8) is 0 Å². The van der Waals surface area contributed by atoms with Crippen molar-refractivity contribution >= 4 is 0 Å². The number of nitrogens with two attached hydrogens (primary N) is 1. The van der Waals surface area contributed by atoms with Gasteiger partial charge in [-0.2, -0.15) is 5.26 Å². The van der Waals surface area contributed by atoms with Crippen LogP contribution in [-0.4, -0.2) is 0 Å². The second-order valence-electron chi connectivity index (χ2n) is 2.64. The standard InChI is InChI=1S/C9H9FN2/c1-6(12)7-2-3-8(5-11)9(10)4-7/h2-4,6H,12H2,1H3/t6-/m1/s1. The minimum absolute atomic E-state index is 0.0550. The summed E-state index contributed by atoms with van der Waals surface area (Å²) in [6.45, 7) is 1.76. The van der Waals surface area contributed by atoms with E-state index in [0.29, 0.717) is 5.56 Å². The largest absolute Gasteiger partial charge is 0.324 e. The zero-order chi connectivity index (χ0) is 9.14. The average molecular weight is 164 g/mol. The van der Waals surface area contributed by atoms with Crippen LogP contribution >= 0.6 is 0 Å². The Morgan fingerprint density at radius 3 is 2.67 bits per heavy atom. The lowest BCUT2D eigenvalue weighted by Gasteiger charge is -2.04. The van der Waals surface area contributed by atoms with E-state index in [1.165, 1.54) is 12.1 Å². The van der Waals surface area contributed by atoms with Crippen molar-refractivity contribution in [2.75, 3.05) is 0 Å². The number of hydrogen-bond acceptors (Lipinski definition) is 2.